The molecule has 0 radical (unpaired) electrons. The van der Waals surface area contributed by atoms with Crippen LogP contribution in [0.5, 0.6) is 5.75 Å². The summed E-state index contributed by atoms with van der Waals surface area (Å²) in [4.78, 5) is 13.4. The van der Waals surface area contributed by atoms with Gasteiger partial charge in [-0.25, -0.2) is 0 Å². The van der Waals surface area contributed by atoms with Crippen molar-refractivity contribution in [2.75, 3.05) is 17.3 Å². The van der Waals surface area contributed by atoms with E-state index in [1.807, 2.05) is 61.2 Å². The minimum atomic E-state index is -0.257. The second-order valence-corrected chi connectivity index (χ2v) is 8.55. The Morgan fingerprint density at radius 2 is 1.97 bits per heavy atom. The van der Waals surface area contributed by atoms with Gasteiger partial charge in [0.05, 0.1) is 5.75 Å². The van der Waals surface area contributed by atoms with Crippen molar-refractivity contribution >= 4 is 35.1 Å². The standard InChI is InChI=1S/C22H26N4O2S2/c1-5-16-9-11-18(12-10-16)28-15(2)21-24-25-22(26(21)3)30-14-20(27)23-17-7-6-8-19(13-17)29-4/h6-13,15H,5,14H2,1-4H3,(H,23,27)/t15-/m1/s1. The highest BCUT2D eigenvalue weighted by atomic mass is 32.2. The van der Waals surface area contributed by atoms with Gasteiger partial charge >= 0.3 is 0 Å². The van der Waals surface area contributed by atoms with E-state index >= 15 is 0 Å². The van der Waals surface area contributed by atoms with E-state index in [2.05, 4.69) is 34.6 Å². The van der Waals surface area contributed by atoms with Gasteiger partial charge in [0.25, 0.3) is 0 Å². The maximum atomic E-state index is 12.3. The summed E-state index contributed by atoms with van der Waals surface area (Å²) in [7, 11) is 1.89. The first kappa shape index (κ1) is 22.2. The molecular formula is C22H26N4O2S2. The molecule has 1 amide bonds. The van der Waals surface area contributed by atoms with Crippen LogP contribution >= 0.6 is 23.5 Å². The van der Waals surface area contributed by atoms with Gasteiger partial charge in [0.15, 0.2) is 17.1 Å². The monoisotopic (exact) mass is 442 g/mol. The number of ether oxygens (including phenoxy) is 1. The molecule has 8 heteroatoms. The first-order valence-corrected chi connectivity index (χ1v) is 11.9. The van der Waals surface area contributed by atoms with Gasteiger partial charge in [-0.15, -0.1) is 22.0 Å². The Kier molecular flexibility index (Phi) is 7.81. The van der Waals surface area contributed by atoms with E-state index in [0.29, 0.717) is 11.0 Å². The molecule has 3 aromatic rings. The minimum Gasteiger partial charge on any atom is -0.483 e. The smallest absolute Gasteiger partial charge is 0.234 e. The molecule has 1 atom stereocenters. The fourth-order valence-electron chi connectivity index (χ4n) is 2.89. The molecule has 1 aromatic heterocycles. The fourth-order valence-corrected chi connectivity index (χ4v) is 4.07. The zero-order valence-electron chi connectivity index (χ0n) is 17.6. The minimum absolute atomic E-state index is 0.0804. The third-order valence-electron chi connectivity index (χ3n) is 4.56. The number of amides is 1. The Morgan fingerprint density at radius 1 is 1.20 bits per heavy atom. The summed E-state index contributed by atoms with van der Waals surface area (Å²) in [6.45, 7) is 4.07. The zero-order chi connectivity index (χ0) is 21.5. The highest BCUT2D eigenvalue weighted by molar-refractivity contribution is 7.99. The van der Waals surface area contributed by atoms with E-state index < -0.39 is 0 Å². The number of carbonyl (C=O) groups is 1. The molecule has 2 aromatic carbocycles. The van der Waals surface area contributed by atoms with Gasteiger partial charge in [0.2, 0.25) is 5.91 Å². The third-order valence-corrected chi connectivity index (χ3v) is 6.31. The van der Waals surface area contributed by atoms with Gasteiger partial charge in [-0.3, -0.25) is 4.79 Å². The average Bonchev–Trinajstić information content (AvgIpc) is 3.13. The van der Waals surface area contributed by atoms with Crippen LogP contribution in [0.3, 0.4) is 0 Å². The van der Waals surface area contributed by atoms with Gasteiger partial charge in [-0.2, -0.15) is 0 Å². The van der Waals surface area contributed by atoms with Crippen LogP contribution < -0.4 is 10.1 Å². The summed E-state index contributed by atoms with van der Waals surface area (Å²) in [5.74, 6) is 1.68. The van der Waals surface area contributed by atoms with Gasteiger partial charge in [-0.05, 0) is 55.5 Å². The number of thioether (sulfide) groups is 2. The van der Waals surface area contributed by atoms with Gasteiger partial charge in [-0.1, -0.05) is 36.9 Å². The summed E-state index contributed by atoms with van der Waals surface area (Å²) < 4.78 is 7.88. The normalized spacial score (nSPS) is 11.9. The van der Waals surface area contributed by atoms with Crippen molar-refractivity contribution in [2.45, 2.75) is 36.4 Å². The van der Waals surface area contributed by atoms with E-state index in [0.717, 1.165) is 22.8 Å². The van der Waals surface area contributed by atoms with Crippen LogP contribution in [0, 0.1) is 0 Å². The number of nitrogens with one attached hydrogen (secondary N) is 1. The van der Waals surface area contributed by atoms with Crippen LogP contribution in [0.1, 0.15) is 31.3 Å². The lowest BCUT2D eigenvalue weighted by Gasteiger charge is -2.14. The number of hydrogen-bond acceptors (Lipinski definition) is 6. The van der Waals surface area contributed by atoms with Crippen LogP contribution in [0.4, 0.5) is 5.69 Å². The molecule has 6 nitrogen and oxygen atoms in total. The second kappa shape index (κ2) is 10.5. The molecule has 30 heavy (non-hydrogen) atoms. The molecule has 0 aliphatic carbocycles. The number of aromatic nitrogens is 3. The van der Waals surface area contributed by atoms with E-state index in [4.69, 9.17) is 4.74 Å². The van der Waals surface area contributed by atoms with Gasteiger partial charge in [0.1, 0.15) is 5.75 Å². The van der Waals surface area contributed by atoms with Crippen LogP contribution in [0.15, 0.2) is 58.6 Å². The summed E-state index contributed by atoms with van der Waals surface area (Å²) in [5, 5.41) is 12.1. The maximum absolute atomic E-state index is 12.3. The number of benzene rings is 2. The molecule has 0 aliphatic rings. The highest BCUT2D eigenvalue weighted by Gasteiger charge is 2.18. The number of aryl methyl sites for hydroxylation is 1. The molecule has 0 fully saturated rings. The maximum Gasteiger partial charge on any atom is 0.234 e. The molecule has 0 bridgehead atoms. The summed E-state index contributed by atoms with van der Waals surface area (Å²) in [5.41, 5.74) is 2.06. The molecule has 0 unspecified atom stereocenters. The molecule has 1 N–H and O–H groups in total. The lowest BCUT2D eigenvalue weighted by atomic mass is 10.2. The average molecular weight is 443 g/mol. The van der Waals surface area contributed by atoms with Crippen LogP contribution in [-0.4, -0.2) is 32.7 Å². The van der Waals surface area contributed by atoms with E-state index in [-0.39, 0.29) is 17.8 Å². The highest BCUT2D eigenvalue weighted by Crippen LogP contribution is 2.24. The van der Waals surface area contributed by atoms with Crippen molar-refractivity contribution in [2.24, 2.45) is 7.05 Å². The topological polar surface area (TPSA) is 69.0 Å². The molecule has 0 saturated heterocycles. The van der Waals surface area contributed by atoms with Crippen LogP contribution in [-0.2, 0) is 18.3 Å². The van der Waals surface area contributed by atoms with Crippen molar-refractivity contribution in [3.8, 4) is 5.75 Å². The number of hydrogen-bond donors (Lipinski definition) is 1. The van der Waals surface area contributed by atoms with E-state index in [1.54, 1.807) is 11.8 Å². The number of anilines is 1. The van der Waals surface area contributed by atoms with Crippen molar-refractivity contribution in [1.82, 2.24) is 14.8 Å². The summed E-state index contributed by atoms with van der Waals surface area (Å²) >= 11 is 2.99. The lowest BCUT2D eigenvalue weighted by Crippen LogP contribution is -2.15. The van der Waals surface area contributed by atoms with Crippen LogP contribution in [0.2, 0.25) is 0 Å². The molecule has 158 valence electrons. The van der Waals surface area contributed by atoms with Gasteiger partial charge in [0, 0.05) is 17.6 Å². The lowest BCUT2D eigenvalue weighted by molar-refractivity contribution is -0.113. The van der Waals surface area contributed by atoms with Crippen molar-refractivity contribution in [1.29, 1.82) is 0 Å². The first-order chi connectivity index (χ1) is 14.5. The predicted molar refractivity (Wildman–Crippen MR) is 123 cm³/mol. The summed E-state index contributed by atoms with van der Waals surface area (Å²) in [6, 6.07) is 15.9. The Balaban J connectivity index is 1.56. The van der Waals surface area contributed by atoms with Crippen LogP contribution in [0.25, 0.3) is 0 Å². The number of nitrogens with zero attached hydrogens (tertiary/aromatic N) is 3. The zero-order valence-corrected chi connectivity index (χ0v) is 19.2. The van der Waals surface area contributed by atoms with Crippen molar-refractivity contribution in [3.63, 3.8) is 0 Å². The molecule has 1 heterocycles. The Bertz CT molecular complexity index is 989. The quantitative estimate of drug-likeness (QED) is 0.472. The molecule has 3 rings (SSSR count). The number of carbonyl (C=O) groups excluding carboxylic acids is 1. The molecule has 0 aliphatic heterocycles. The number of rotatable bonds is 9. The summed E-state index contributed by atoms with van der Waals surface area (Å²) in [6.07, 6.45) is 2.75. The first-order valence-electron chi connectivity index (χ1n) is 9.71. The van der Waals surface area contributed by atoms with Crippen molar-refractivity contribution in [3.05, 3.63) is 59.9 Å². The van der Waals surface area contributed by atoms with Crippen molar-refractivity contribution < 1.29 is 9.53 Å². The van der Waals surface area contributed by atoms with Gasteiger partial charge < -0.3 is 14.6 Å². The Morgan fingerprint density at radius 3 is 2.67 bits per heavy atom. The second-order valence-electron chi connectivity index (χ2n) is 6.73. The largest absolute Gasteiger partial charge is 0.483 e. The Labute approximate surface area is 185 Å². The molecular weight excluding hydrogens is 416 g/mol. The Hall–Kier alpha value is -2.45. The van der Waals surface area contributed by atoms with E-state index in [9.17, 15) is 4.79 Å². The molecule has 0 saturated carbocycles. The molecule has 0 spiro atoms. The fraction of sp³-hybridized carbons (Fsp3) is 0.318. The SMILES string of the molecule is CCc1ccc(O[C@H](C)c2nnc(SCC(=O)Nc3cccc(SC)c3)n2C)cc1. The third kappa shape index (κ3) is 5.79. The predicted octanol–water partition coefficient (Wildman–Crippen LogP) is 4.97. The van der Waals surface area contributed by atoms with E-state index in [1.165, 1.54) is 17.3 Å².